The summed E-state index contributed by atoms with van der Waals surface area (Å²) in [4.78, 5) is 18.8. The average molecular weight is 468 g/mol. The van der Waals surface area contributed by atoms with Gasteiger partial charge >= 0.3 is 5.97 Å². The van der Waals surface area contributed by atoms with Gasteiger partial charge in [0, 0.05) is 37.5 Å². The van der Waals surface area contributed by atoms with Gasteiger partial charge in [-0.2, -0.15) is 0 Å². The van der Waals surface area contributed by atoms with Gasteiger partial charge in [0.05, 0.1) is 6.10 Å². The van der Waals surface area contributed by atoms with Crippen molar-refractivity contribution in [3.8, 4) is 0 Å². The van der Waals surface area contributed by atoms with Crippen LogP contribution in [-0.4, -0.2) is 53.3 Å². The second kappa shape index (κ2) is 10.4. The molecule has 7 heteroatoms. The molecule has 1 aromatic carbocycles. The van der Waals surface area contributed by atoms with Crippen LogP contribution in [0, 0.1) is 5.82 Å². The Kier molecular flexibility index (Phi) is 7.11. The normalized spacial score (nSPS) is 21.1. The number of likely N-dealkylation sites (tertiary alicyclic amines) is 1. The molecule has 1 saturated carbocycles. The van der Waals surface area contributed by atoms with E-state index >= 15 is 0 Å². The van der Waals surface area contributed by atoms with E-state index in [2.05, 4.69) is 17.4 Å². The van der Waals surface area contributed by atoms with Crippen LogP contribution in [0.15, 0.2) is 30.3 Å². The number of aryl methyl sites for hydroxylation is 2. The molecule has 2 atom stereocenters. The maximum atomic E-state index is 14.8. The van der Waals surface area contributed by atoms with E-state index in [1.54, 1.807) is 6.07 Å². The van der Waals surface area contributed by atoms with Crippen LogP contribution in [-0.2, 0) is 22.4 Å². The highest BCUT2D eigenvalue weighted by molar-refractivity contribution is 5.76. The summed E-state index contributed by atoms with van der Waals surface area (Å²) in [6, 6.07) is 8.34. The summed E-state index contributed by atoms with van der Waals surface area (Å²) in [6.45, 7) is 2.77. The Morgan fingerprint density at radius 3 is 2.94 bits per heavy atom. The smallest absolute Gasteiger partial charge is 0.325 e. The van der Waals surface area contributed by atoms with Gasteiger partial charge in [0.2, 0.25) is 0 Å². The summed E-state index contributed by atoms with van der Waals surface area (Å²) >= 11 is 0. The van der Waals surface area contributed by atoms with Gasteiger partial charge in [-0.1, -0.05) is 18.2 Å². The zero-order chi connectivity index (χ0) is 23.5. The van der Waals surface area contributed by atoms with Crippen molar-refractivity contribution in [2.24, 2.45) is 0 Å². The molecule has 1 aliphatic carbocycles. The monoisotopic (exact) mass is 467 g/mol. The van der Waals surface area contributed by atoms with E-state index in [1.807, 2.05) is 11.0 Å². The molecule has 2 aliphatic heterocycles. The van der Waals surface area contributed by atoms with Crippen LogP contribution in [0.3, 0.4) is 0 Å². The predicted molar refractivity (Wildman–Crippen MR) is 129 cm³/mol. The lowest BCUT2D eigenvalue weighted by Gasteiger charge is -2.27. The van der Waals surface area contributed by atoms with Gasteiger partial charge in [-0.25, -0.2) is 9.37 Å². The summed E-state index contributed by atoms with van der Waals surface area (Å²) < 4.78 is 20.9. The molecule has 1 aromatic heterocycles. The molecule has 34 heavy (non-hydrogen) atoms. The molecule has 2 aromatic rings. The number of carbonyl (C=O) groups is 1. The van der Waals surface area contributed by atoms with Crippen molar-refractivity contribution in [2.75, 3.05) is 31.6 Å². The van der Waals surface area contributed by atoms with Crippen LogP contribution in [0.1, 0.15) is 72.9 Å². The van der Waals surface area contributed by atoms with Crippen LogP contribution in [0.4, 0.5) is 10.2 Å². The lowest BCUT2D eigenvalue weighted by Crippen LogP contribution is -2.34. The topological polar surface area (TPSA) is 74.7 Å². The van der Waals surface area contributed by atoms with Crippen molar-refractivity contribution in [1.82, 2.24) is 9.88 Å². The summed E-state index contributed by atoms with van der Waals surface area (Å²) in [5, 5.41) is 13.4. The minimum absolute atomic E-state index is 0.0101. The number of ether oxygens (including phenoxy) is 1. The number of rotatable bonds is 10. The highest BCUT2D eigenvalue weighted by Gasteiger charge is 2.39. The Balaban J connectivity index is 1.11. The molecule has 5 rings (SSSR count). The summed E-state index contributed by atoms with van der Waals surface area (Å²) in [6.07, 6.45) is 7.90. The quantitative estimate of drug-likeness (QED) is 0.494. The van der Waals surface area contributed by atoms with Crippen LogP contribution in [0.5, 0.6) is 0 Å². The summed E-state index contributed by atoms with van der Waals surface area (Å²) in [7, 11) is 0. The number of aromatic nitrogens is 1. The van der Waals surface area contributed by atoms with Crippen molar-refractivity contribution >= 4 is 11.8 Å². The van der Waals surface area contributed by atoms with Gasteiger partial charge in [0.15, 0.2) is 0 Å². The van der Waals surface area contributed by atoms with E-state index in [-0.39, 0.29) is 6.10 Å². The van der Waals surface area contributed by atoms with Crippen LogP contribution in [0.2, 0.25) is 0 Å². The fourth-order valence-corrected chi connectivity index (χ4v) is 5.35. The van der Waals surface area contributed by atoms with Crippen molar-refractivity contribution in [1.29, 1.82) is 0 Å². The predicted octanol–water partition coefficient (Wildman–Crippen LogP) is 4.70. The number of aliphatic carboxylic acids is 1. The Morgan fingerprint density at radius 2 is 2.12 bits per heavy atom. The number of unbranched alkanes of at least 4 members (excludes halogenated alkanes) is 1. The fraction of sp³-hybridized carbons (Fsp3) is 0.556. The van der Waals surface area contributed by atoms with E-state index in [0.717, 1.165) is 68.6 Å². The molecule has 3 aliphatic rings. The number of hydrogen-bond donors (Lipinski definition) is 2. The first-order valence-electron chi connectivity index (χ1n) is 12.7. The summed E-state index contributed by atoms with van der Waals surface area (Å²) in [5.74, 6) is -0.0619. The zero-order valence-corrected chi connectivity index (χ0v) is 19.6. The third-order valence-electron chi connectivity index (χ3n) is 7.29. The minimum atomic E-state index is -0.986. The van der Waals surface area contributed by atoms with E-state index in [4.69, 9.17) is 9.72 Å². The van der Waals surface area contributed by atoms with Crippen molar-refractivity contribution < 1.29 is 19.0 Å². The van der Waals surface area contributed by atoms with Gasteiger partial charge in [-0.3, -0.25) is 9.69 Å². The highest BCUT2D eigenvalue weighted by Crippen LogP contribution is 2.45. The number of carboxylic acid groups (broad SMARTS) is 1. The van der Waals surface area contributed by atoms with Gasteiger partial charge in [-0.05, 0) is 80.5 Å². The lowest BCUT2D eigenvalue weighted by molar-refractivity contribution is -0.143. The molecule has 3 heterocycles. The molecule has 0 bridgehead atoms. The SMILES string of the molecule is O=C(O)[C@@H](c1c(F)cccc1C1CC1)N1CC[C@@H](OCCCCc2ccc3c(n2)NCCC3)C1. The fourth-order valence-electron chi connectivity index (χ4n) is 5.35. The molecule has 0 spiro atoms. The molecule has 0 amide bonds. The second-order valence-electron chi connectivity index (χ2n) is 9.83. The van der Waals surface area contributed by atoms with E-state index in [1.165, 1.54) is 18.1 Å². The molecular formula is C27H34FN3O3. The number of carboxylic acids is 1. The third kappa shape index (κ3) is 5.26. The van der Waals surface area contributed by atoms with Crippen LogP contribution >= 0.6 is 0 Å². The average Bonchev–Trinajstić information content (AvgIpc) is 3.58. The first-order chi connectivity index (χ1) is 16.6. The van der Waals surface area contributed by atoms with Crippen LogP contribution < -0.4 is 5.32 Å². The number of pyridine rings is 1. The molecule has 182 valence electrons. The first-order valence-corrected chi connectivity index (χ1v) is 12.7. The Bertz CT molecular complexity index is 1030. The lowest BCUT2D eigenvalue weighted by atomic mass is 9.95. The van der Waals surface area contributed by atoms with Gasteiger partial charge in [-0.15, -0.1) is 0 Å². The van der Waals surface area contributed by atoms with Gasteiger partial charge < -0.3 is 15.2 Å². The number of nitrogens with one attached hydrogen (secondary N) is 1. The number of halogens is 1. The molecule has 6 nitrogen and oxygen atoms in total. The molecule has 0 unspecified atom stereocenters. The molecule has 2 fully saturated rings. The van der Waals surface area contributed by atoms with Crippen molar-refractivity contribution in [2.45, 2.75) is 69.4 Å². The summed E-state index contributed by atoms with van der Waals surface area (Å²) in [5.41, 5.74) is 3.64. The van der Waals surface area contributed by atoms with Crippen molar-refractivity contribution in [3.63, 3.8) is 0 Å². The maximum Gasteiger partial charge on any atom is 0.325 e. The second-order valence-corrected chi connectivity index (χ2v) is 9.83. The molecule has 2 N–H and O–H groups in total. The number of anilines is 1. The minimum Gasteiger partial charge on any atom is -0.480 e. The molecule has 0 radical (unpaired) electrons. The zero-order valence-electron chi connectivity index (χ0n) is 19.6. The van der Waals surface area contributed by atoms with E-state index in [0.29, 0.717) is 31.2 Å². The molecule has 1 saturated heterocycles. The van der Waals surface area contributed by atoms with Crippen molar-refractivity contribution in [3.05, 3.63) is 58.5 Å². The first kappa shape index (κ1) is 23.2. The number of fused-ring (bicyclic) bond motifs is 1. The van der Waals surface area contributed by atoms with E-state index < -0.39 is 17.8 Å². The number of nitrogens with zero attached hydrogens (tertiary/aromatic N) is 2. The van der Waals surface area contributed by atoms with E-state index in [9.17, 15) is 14.3 Å². The third-order valence-corrected chi connectivity index (χ3v) is 7.29. The number of benzene rings is 1. The maximum absolute atomic E-state index is 14.8. The number of hydrogen-bond acceptors (Lipinski definition) is 5. The molecular weight excluding hydrogens is 433 g/mol. The van der Waals surface area contributed by atoms with Crippen LogP contribution in [0.25, 0.3) is 0 Å². The highest BCUT2D eigenvalue weighted by atomic mass is 19.1. The Hall–Kier alpha value is -2.51. The standard InChI is InChI=1S/C27H34FN3O3/c28-23-8-3-7-22(18-9-10-18)24(23)25(27(32)33)31-15-13-21(17-31)34-16-2-1-6-20-12-11-19-5-4-14-29-26(19)30-20/h3,7-8,11-12,18,21,25H,1-2,4-6,9-10,13-17H2,(H,29,30)(H,32,33)/t21-,25-/m1/s1. The Labute approximate surface area is 200 Å². The largest absolute Gasteiger partial charge is 0.480 e. The Morgan fingerprint density at radius 1 is 1.24 bits per heavy atom. The van der Waals surface area contributed by atoms with Gasteiger partial charge in [0.1, 0.15) is 17.7 Å². The van der Waals surface area contributed by atoms with Gasteiger partial charge in [0.25, 0.3) is 0 Å².